The second-order valence-corrected chi connectivity index (χ2v) is 8.07. The number of hydroxylamine groups is 2. The summed E-state index contributed by atoms with van der Waals surface area (Å²) in [5, 5.41) is 1.91. The molecule has 1 amide bonds. The lowest BCUT2D eigenvalue weighted by Gasteiger charge is -2.13. The highest BCUT2D eigenvalue weighted by atomic mass is 33.1. The first-order chi connectivity index (χ1) is 12.2. The van der Waals surface area contributed by atoms with Crippen molar-refractivity contribution in [2.75, 3.05) is 12.3 Å². The van der Waals surface area contributed by atoms with Crippen LogP contribution in [0.1, 0.15) is 44.9 Å². The standard InChI is InChI=1S/C17H22N2O4S2/c20-14-10-12-19(17(14)22)23-16(21)9-4-2-1-3-7-13-24-25-15-8-5-6-11-18-15/h5-6,8,11H,1-4,7,9-10,12-13H2. The zero-order valence-corrected chi connectivity index (χ0v) is 15.7. The number of Topliss-reactive ketones (excluding diaryl/α,β-unsaturated/α-hetero) is 1. The van der Waals surface area contributed by atoms with Crippen LogP contribution in [0.4, 0.5) is 0 Å². The van der Waals surface area contributed by atoms with Gasteiger partial charge in [0.15, 0.2) is 0 Å². The van der Waals surface area contributed by atoms with Crippen LogP contribution in [0.15, 0.2) is 29.4 Å². The van der Waals surface area contributed by atoms with E-state index in [1.54, 1.807) is 17.0 Å². The fourth-order valence-corrected chi connectivity index (χ4v) is 4.29. The minimum absolute atomic E-state index is 0.128. The highest BCUT2D eigenvalue weighted by Gasteiger charge is 2.32. The average Bonchev–Trinajstić information content (AvgIpc) is 2.93. The van der Waals surface area contributed by atoms with Gasteiger partial charge < -0.3 is 4.84 Å². The average molecular weight is 383 g/mol. The quantitative estimate of drug-likeness (QED) is 0.330. The van der Waals surface area contributed by atoms with Crippen molar-refractivity contribution in [2.24, 2.45) is 0 Å². The van der Waals surface area contributed by atoms with Crippen LogP contribution in [-0.4, -0.2) is 40.0 Å². The molecule has 0 spiro atoms. The van der Waals surface area contributed by atoms with Crippen molar-refractivity contribution >= 4 is 39.2 Å². The molecule has 1 aliphatic rings. The Balaban J connectivity index is 1.41. The number of carbonyl (C=O) groups is 3. The summed E-state index contributed by atoms with van der Waals surface area (Å²) in [6.07, 6.45) is 7.24. The zero-order valence-electron chi connectivity index (χ0n) is 14.0. The zero-order chi connectivity index (χ0) is 17.9. The second kappa shape index (κ2) is 11.1. The Morgan fingerprint density at radius 1 is 1.16 bits per heavy atom. The summed E-state index contributed by atoms with van der Waals surface area (Å²) in [5.41, 5.74) is 0. The maximum atomic E-state index is 11.6. The Kier molecular flexibility index (Phi) is 8.82. The summed E-state index contributed by atoms with van der Waals surface area (Å²) in [7, 11) is 3.50. The summed E-state index contributed by atoms with van der Waals surface area (Å²) in [6.45, 7) is 0.178. The first kappa shape index (κ1) is 19.8. The van der Waals surface area contributed by atoms with Gasteiger partial charge in [-0.25, -0.2) is 9.78 Å². The summed E-state index contributed by atoms with van der Waals surface area (Å²) in [4.78, 5) is 43.2. The van der Waals surface area contributed by atoms with Crippen LogP contribution >= 0.6 is 21.6 Å². The SMILES string of the molecule is O=C(CCCCCCCSSc1ccccn1)ON1CCC(=O)C1=O. The van der Waals surface area contributed by atoms with Crippen molar-refractivity contribution in [3.8, 4) is 0 Å². The van der Waals surface area contributed by atoms with Gasteiger partial charge in [-0.15, -0.1) is 0 Å². The Bertz CT molecular complexity index is 583. The van der Waals surface area contributed by atoms with Gasteiger partial charge in [-0.2, -0.15) is 5.06 Å². The van der Waals surface area contributed by atoms with Gasteiger partial charge in [0, 0.05) is 24.8 Å². The van der Waals surface area contributed by atoms with Crippen molar-refractivity contribution in [2.45, 2.75) is 50.0 Å². The first-order valence-corrected chi connectivity index (χ1v) is 10.7. The molecule has 25 heavy (non-hydrogen) atoms. The molecule has 0 aliphatic carbocycles. The van der Waals surface area contributed by atoms with E-state index in [2.05, 4.69) is 4.98 Å². The predicted molar refractivity (Wildman–Crippen MR) is 97.7 cm³/mol. The van der Waals surface area contributed by atoms with Gasteiger partial charge in [0.1, 0.15) is 5.03 Å². The fourth-order valence-electron chi connectivity index (χ4n) is 2.27. The molecular weight excluding hydrogens is 360 g/mol. The number of ketones is 1. The molecule has 1 fully saturated rings. The lowest BCUT2D eigenvalue weighted by molar-refractivity contribution is -0.193. The molecule has 8 heteroatoms. The molecule has 0 N–H and O–H groups in total. The number of rotatable bonds is 11. The molecule has 1 aliphatic heterocycles. The number of hydrogen-bond acceptors (Lipinski definition) is 7. The van der Waals surface area contributed by atoms with Gasteiger partial charge in [0.2, 0.25) is 5.78 Å². The molecule has 1 aromatic heterocycles. The van der Waals surface area contributed by atoms with E-state index in [0.29, 0.717) is 0 Å². The summed E-state index contributed by atoms with van der Waals surface area (Å²) in [6, 6.07) is 5.90. The number of carbonyl (C=O) groups excluding carboxylic acids is 3. The van der Waals surface area contributed by atoms with Crippen molar-refractivity contribution in [1.29, 1.82) is 0 Å². The molecule has 0 bridgehead atoms. The number of aromatic nitrogens is 1. The smallest absolute Gasteiger partial charge is 0.332 e. The molecule has 1 saturated heterocycles. The van der Waals surface area contributed by atoms with Crippen LogP contribution < -0.4 is 0 Å². The summed E-state index contributed by atoms with van der Waals surface area (Å²) >= 11 is 0. The number of hydrogen-bond donors (Lipinski definition) is 0. The molecule has 136 valence electrons. The van der Waals surface area contributed by atoms with E-state index in [-0.39, 0.29) is 19.4 Å². The molecule has 0 atom stereocenters. The molecule has 1 aromatic rings. The number of pyridine rings is 1. The van der Waals surface area contributed by atoms with Crippen LogP contribution in [0.25, 0.3) is 0 Å². The van der Waals surface area contributed by atoms with Crippen LogP contribution in [-0.2, 0) is 19.2 Å². The molecule has 6 nitrogen and oxygen atoms in total. The summed E-state index contributed by atoms with van der Waals surface area (Å²) in [5.74, 6) is -0.569. The minimum atomic E-state index is -0.713. The third kappa shape index (κ3) is 7.48. The Hall–Kier alpha value is -1.54. The van der Waals surface area contributed by atoms with Gasteiger partial charge in [0.25, 0.3) is 0 Å². The molecule has 0 aromatic carbocycles. The van der Waals surface area contributed by atoms with Crippen molar-refractivity contribution < 1.29 is 19.2 Å². The van der Waals surface area contributed by atoms with Crippen molar-refractivity contribution in [3.63, 3.8) is 0 Å². The van der Waals surface area contributed by atoms with Gasteiger partial charge >= 0.3 is 11.9 Å². The van der Waals surface area contributed by atoms with Crippen LogP contribution in [0.5, 0.6) is 0 Å². The molecular formula is C17H22N2O4S2. The van der Waals surface area contributed by atoms with Gasteiger partial charge in [-0.05, 0) is 35.8 Å². The van der Waals surface area contributed by atoms with Crippen molar-refractivity contribution in [1.82, 2.24) is 10.0 Å². The number of amides is 1. The van der Waals surface area contributed by atoms with E-state index in [9.17, 15) is 14.4 Å². The van der Waals surface area contributed by atoms with E-state index in [1.807, 2.05) is 29.0 Å². The highest BCUT2D eigenvalue weighted by Crippen LogP contribution is 2.29. The van der Waals surface area contributed by atoms with E-state index >= 15 is 0 Å². The molecule has 0 radical (unpaired) electrons. The van der Waals surface area contributed by atoms with Gasteiger partial charge in [-0.3, -0.25) is 9.59 Å². The van der Waals surface area contributed by atoms with E-state index in [1.165, 1.54) is 0 Å². The predicted octanol–water partition coefficient (Wildman–Crippen LogP) is 3.42. The molecule has 0 unspecified atom stereocenters. The Morgan fingerprint density at radius 3 is 2.68 bits per heavy atom. The number of nitrogens with zero attached hydrogens (tertiary/aromatic N) is 2. The second-order valence-electron chi connectivity index (χ2n) is 5.63. The van der Waals surface area contributed by atoms with Gasteiger partial charge in [-0.1, -0.05) is 36.1 Å². The molecule has 2 rings (SSSR count). The largest absolute Gasteiger partial charge is 0.338 e. The van der Waals surface area contributed by atoms with Crippen LogP contribution in [0.2, 0.25) is 0 Å². The monoisotopic (exact) mass is 382 g/mol. The normalized spacial score (nSPS) is 14.2. The van der Waals surface area contributed by atoms with E-state index in [4.69, 9.17) is 4.84 Å². The minimum Gasteiger partial charge on any atom is -0.338 e. The lowest BCUT2D eigenvalue weighted by atomic mass is 10.1. The van der Waals surface area contributed by atoms with Crippen LogP contribution in [0.3, 0.4) is 0 Å². The Labute approximate surface area is 155 Å². The van der Waals surface area contributed by atoms with Gasteiger partial charge in [0.05, 0.1) is 6.54 Å². The third-order valence-electron chi connectivity index (χ3n) is 3.61. The third-order valence-corrected chi connectivity index (χ3v) is 5.96. The fraction of sp³-hybridized carbons (Fsp3) is 0.529. The maximum absolute atomic E-state index is 11.6. The summed E-state index contributed by atoms with van der Waals surface area (Å²) < 4.78 is 0. The number of unbranched alkanes of at least 4 members (excludes halogenated alkanes) is 4. The van der Waals surface area contributed by atoms with Crippen LogP contribution in [0, 0.1) is 0 Å². The maximum Gasteiger partial charge on any atom is 0.332 e. The molecule has 0 saturated carbocycles. The van der Waals surface area contributed by atoms with E-state index in [0.717, 1.165) is 47.9 Å². The first-order valence-electron chi connectivity index (χ1n) is 8.43. The molecule has 2 heterocycles. The topological polar surface area (TPSA) is 76.6 Å². The highest BCUT2D eigenvalue weighted by molar-refractivity contribution is 8.76. The lowest BCUT2D eigenvalue weighted by Crippen LogP contribution is -2.30. The van der Waals surface area contributed by atoms with Crippen molar-refractivity contribution in [3.05, 3.63) is 24.4 Å². The Morgan fingerprint density at radius 2 is 1.96 bits per heavy atom. The van der Waals surface area contributed by atoms with E-state index < -0.39 is 17.7 Å².